The van der Waals surface area contributed by atoms with Crippen LogP contribution in [0.2, 0.25) is 0 Å². The molecule has 0 radical (unpaired) electrons. The second-order valence-corrected chi connectivity index (χ2v) is 4.28. The van der Waals surface area contributed by atoms with E-state index in [9.17, 15) is 5.26 Å². The highest BCUT2D eigenvalue weighted by Crippen LogP contribution is 2.18. The summed E-state index contributed by atoms with van der Waals surface area (Å²) in [6, 6.07) is 7.93. The third-order valence-electron chi connectivity index (χ3n) is 2.44. The topological polar surface area (TPSA) is 54.5 Å². The van der Waals surface area contributed by atoms with E-state index in [0.29, 0.717) is 11.4 Å². The summed E-state index contributed by atoms with van der Waals surface area (Å²) in [4.78, 5) is 4.24. The van der Waals surface area contributed by atoms with Gasteiger partial charge in [0.15, 0.2) is 0 Å². The van der Waals surface area contributed by atoms with E-state index in [4.69, 9.17) is 0 Å². The summed E-state index contributed by atoms with van der Waals surface area (Å²) in [5, 5.41) is 14.2. The Morgan fingerprint density at radius 2 is 2.18 bits per heavy atom. The second-order valence-electron chi connectivity index (χ2n) is 3.71. The average Bonchev–Trinajstić information content (AvgIpc) is 2.67. The fourth-order valence-electron chi connectivity index (χ4n) is 1.69. The zero-order valence-electron chi connectivity index (χ0n) is 9.61. The molecule has 0 N–H and O–H groups in total. The van der Waals surface area contributed by atoms with Crippen LogP contribution in [0.5, 0.6) is 0 Å². The molecule has 4 nitrogen and oxygen atoms in total. The second kappa shape index (κ2) is 4.68. The summed E-state index contributed by atoms with van der Waals surface area (Å²) in [7, 11) is 0. The van der Waals surface area contributed by atoms with Gasteiger partial charge in [0.05, 0.1) is 11.3 Å². The molecule has 1 heterocycles. The molecular formula is C12H11BrN4. The Kier molecular flexibility index (Phi) is 3.25. The minimum Gasteiger partial charge on any atom is -0.217 e. The Bertz CT molecular complexity index is 595. The molecule has 1 aromatic heterocycles. The van der Waals surface area contributed by atoms with Crippen molar-refractivity contribution in [2.45, 2.75) is 19.2 Å². The van der Waals surface area contributed by atoms with Gasteiger partial charge in [0.25, 0.3) is 0 Å². The van der Waals surface area contributed by atoms with Gasteiger partial charge < -0.3 is 0 Å². The number of nitriles is 1. The normalized spacial score (nSPS) is 10.2. The van der Waals surface area contributed by atoms with Crippen molar-refractivity contribution in [1.29, 1.82) is 5.26 Å². The first-order valence-electron chi connectivity index (χ1n) is 5.15. The molecule has 2 aromatic rings. The van der Waals surface area contributed by atoms with Crippen LogP contribution in [0.4, 0.5) is 0 Å². The van der Waals surface area contributed by atoms with Crippen LogP contribution in [-0.4, -0.2) is 14.8 Å². The largest absolute Gasteiger partial charge is 0.217 e. The average molecular weight is 291 g/mol. The van der Waals surface area contributed by atoms with Gasteiger partial charge in [-0.1, -0.05) is 22.0 Å². The van der Waals surface area contributed by atoms with Gasteiger partial charge in [0, 0.05) is 5.33 Å². The lowest BCUT2D eigenvalue weighted by Gasteiger charge is -2.06. The lowest BCUT2D eigenvalue weighted by atomic mass is 10.1. The molecular weight excluding hydrogens is 280 g/mol. The van der Waals surface area contributed by atoms with Gasteiger partial charge in [-0.2, -0.15) is 10.4 Å². The Morgan fingerprint density at radius 3 is 2.71 bits per heavy atom. The summed E-state index contributed by atoms with van der Waals surface area (Å²) in [5.41, 5.74) is 2.45. The first kappa shape index (κ1) is 11.8. The summed E-state index contributed by atoms with van der Waals surface area (Å²) < 4.78 is 1.70. The van der Waals surface area contributed by atoms with Gasteiger partial charge in [-0.3, -0.25) is 0 Å². The van der Waals surface area contributed by atoms with Crippen molar-refractivity contribution in [2.24, 2.45) is 0 Å². The molecule has 5 heteroatoms. The van der Waals surface area contributed by atoms with Gasteiger partial charge >= 0.3 is 0 Å². The first-order valence-corrected chi connectivity index (χ1v) is 6.27. The lowest BCUT2D eigenvalue weighted by Crippen LogP contribution is -2.02. The Hall–Kier alpha value is -1.67. The Balaban J connectivity index is 2.60. The van der Waals surface area contributed by atoms with Crippen LogP contribution >= 0.6 is 15.9 Å². The van der Waals surface area contributed by atoms with E-state index in [0.717, 1.165) is 22.4 Å². The maximum Gasteiger partial charge on any atom is 0.148 e. The van der Waals surface area contributed by atoms with Crippen molar-refractivity contribution < 1.29 is 0 Å². The predicted octanol–water partition coefficient (Wildman–Crippen LogP) is 2.65. The number of halogens is 1. The number of benzene rings is 1. The van der Waals surface area contributed by atoms with Gasteiger partial charge in [-0.25, -0.2) is 9.67 Å². The Morgan fingerprint density at radius 1 is 1.41 bits per heavy atom. The summed E-state index contributed by atoms with van der Waals surface area (Å²) in [6.45, 7) is 3.71. The van der Waals surface area contributed by atoms with Crippen molar-refractivity contribution in [3.63, 3.8) is 0 Å². The molecule has 17 heavy (non-hydrogen) atoms. The van der Waals surface area contributed by atoms with Gasteiger partial charge in [-0.05, 0) is 31.5 Å². The smallest absolute Gasteiger partial charge is 0.148 e. The molecule has 2 rings (SSSR count). The quantitative estimate of drug-likeness (QED) is 0.799. The van der Waals surface area contributed by atoms with E-state index in [-0.39, 0.29) is 0 Å². The summed E-state index contributed by atoms with van der Waals surface area (Å²) in [5.74, 6) is 1.49. The van der Waals surface area contributed by atoms with E-state index in [1.165, 1.54) is 0 Å². The number of nitrogens with zero attached hydrogens (tertiary/aromatic N) is 4. The Labute approximate surface area is 108 Å². The summed E-state index contributed by atoms with van der Waals surface area (Å²) >= 11 is 3.38. The monoisotopic (exact) mass is 290 g/mol. The molecule has 0 aliphatic heterocycles. The van der Waals surface area contributed by atoms with E-state index < -0.39 is 0 Å². The maximum atomic E-state index is 9.17. The van der Waals surface area contributed by atoms with E-state index >= 15 is 0 Å². The zero-order valence-corrected chi connectivity index (χ0v) is 11.2. The van der Waals surface area contributed by atoms with Crippen molar-refractivity contribution in [3.05, 3.63) is 41.0 Å². The molecule has 1 aromatic carbocycles. The highest BCUT2D eigenvalue weighted by Gasteiger charge is 2.10. The lowest BCUT2D eigenvalue weighted by molar-refractivity contribution is 0.828. The van der Waals surface area contributed by atoms with Crippen molar-refractivity contribution in [2.75, 3.05) is 0 Å². The molecule has 0 atom stereocenters. The van der Waals surface area contributed by atoms with Crippen molar-refractivity contribution >= 4 is 15.9 Å². The highest BCUT2D eigenvalue weighted by molar-refractivity contribution is 9.08. The maximum absolute atomic E-state index is 9.17. The van der Waals surface area contributed by atoms with Crippen LogP contribution < -0.4 is 0 Å². The fourth-order valence-corrected chi connectivity index (χ4v) is 2.04. The third kappa shape index (κ3) is 2.22. The molecule has 0 bridgehead atoms. The number of rotatable bonds is 2. The molecule has 0 saturated carbocycles. The van der Waals surface area contributed by atoms with Gasteiger partial charge in [-0.15, -0.1) is 0 Å². The van der Waals surface area contributed by atoms with E-state index in [1.807, 2.05) is 32.0 Å². The van der Waals surface area contributed by atoms with Crippen LogP contribution in [0.15, 0.2) is 18.2 Å². The number of hydrogen-bond donors (Lipinski definition) is 0. The molecule has 0 aliphatic rings. The van der Waals surface area contributed by atoms with Gasteiger partial charge in [0.1, 0.15) is 17.7 Å². The van der Waals surface area contributed by atoms with Crippen molar-refractivity contribution in [3.8, 4) is 11.8 Å². The molecule has 86 valence electrons. The minimum absolute atomic E-state index is 0.606. The number of alkyl halides is 1. The number of aromatic nitrogens is 3. The van der Waals surface area contributed by atoms with Crippen LogP contribution in [0.1, 0.15) is 22.8 Å². The van der Waals surface area contributed by atoms with E-state index in [2.05, 4.69) is 32.1 Å². The molecule has 0 amide bonds. The molecule has 0 aliphatic carbocycles. The SMILES string of the molecule is Cc1nc(C)n(-c2ccc(CBr)cc2C#N)n1. The number of hydrogen-bond acceptors (Lipinski definition) is 3. The minimum atomic E-state index is 0.606. The van der Waals surface area contributed by atoms with Crippen LogP contribution in [0, 0.1) is 25.2 Å². The third-order valence-corrected chi connectivity index (χ3v) is 3.09. The highest BCUT2D eigenvalue weighted by atomic mass is 79.9. The van der Waals surface area contributed by atoms with Crippen LogP contribution in [0.3, 0.4) is 0 Å². The zero-order chi connectivity index (χ0) is 12.4. The molecule has 0 spiro atoms. The summed E-state index contributed by atoms with van der Waals surface area (Å²) in [6.07, 6.45) is 0. The fraction of sp³-hybridized carbons (Fsp3) is 0.250. The number of aryl methyl sites for hydroxylation is 2. The first-order chi connectivity index (χ1) is 8.15. The molecule has 0 saturated heterocycles. The molecule has 0 fully saturated rings. The van der Waals surface area contributed by atoms with Gasteiger partial charge in [0.2, 0.25) is 0 Å². The predicted molar refractivity (Wildman–Crippen MR) is 68.2 cm³/mol. The molecule has 0 unspecified atom stereocenters. The standard InChI is InChI=1S/C12H11BrN4/c1-8-15-9(2)17(16-8)12-4-3-10(6-13)5-11(12)7-14/h3-5H,6H2,1-2H3. The van der Waals surface area contributed by atoms with Crippen molar-refractivity contribution in [1.82, 2.24) is 14.8 Å². The van der Waals surface area contributed by atoms with Crippen LogP contribution in [-0.2, 0) is 5.33 Å². The van der Waals surface area contributed by atoms with Crippen LogP contribution in [0.25, 0.3) is 5.69 Å². The van der Waals surface area contributed by atoms with E-state index in [1.54, 1.807) is 4.68 Å².